The molecule has 1 aromatic heterocycles. The Labute approximate surface area is 152 Å². The van der Waals surface area contributed by atoms with Gasteiger partial charge in [-0.15, -0.1) is 10.2 Å². The molecular formula is C19H25N3O2S. The number of nitrogens with one attached hydrogen (secondary N) is 1. The lowest BCUT2D eigenvalue weighted by Gasteiger charge is -2.29. The second-order valence-corrected chi connectivity index (χ2v) is 8.53. The maximum Gasteiger partial charge on any atom is 0.407 e. The smallest absolute Gasteiger partial charge is 0.407 e. The third-order valence-corrected chi connectivity index (χ3v) is 5.34. The highest BCUT2D eigenvalue weighted by atomic mass is 32.1. The van der Waals surface area contributed by atoms with Crippen LogP contribution in [0, 0.1) is 0 Å². The van der Waals surface area contributed by atoms with Crippen molar-refractivity contribution in [3.8, 4) is 10.6 Å². The van der Waals surface area contributed by atoms with Crippen LogP contribution in [0.15, 0.2) is 30.3 Å². The lowest BCUT2D eigenvalue weighted by atomic mass is 9.86. The summed E-state index contributed by atoms with van der Waals surface area (Å²) in [5.41, 5.74) is 0.632. The summed E-state index contributed by atoms with van der Waals surface area (Å²) in [6.07, 6.45) is 3.71. The van der Waals surface area contributed by atoms with E-state index in [1.165, 1.54) is 0 Å². The Balaban J connectivity index is 1.62. The summed E-state index contributed by atoms with van der Waals surface area (Å²) in [7, 11) is 0. The number of carbonyl (C=O) groups is 1. The maximum atomic E-state index is 12.0. The standard InChI is InChI=1S/C19H25N3O2S/c1-19(2,3)24-18(23)20-15-11-7-10-14(12-15)17-22-21-16(25-17)13-8-5-4-6-9-13/h4-6,8-9,14-15H,7,10-12H2,1-3H3,(H,20,23)/t14-,15+/m0/s1. The van der Waals surface area contributed by atoms with E-state index in [-0.39, 0.29) is 12.1 Å². The Morgan fingerprint density at radius 3 is 2.68 bits per heavy atom. The van der Waals surface area contributed by atoms with Crippen LogP contribution in [0.5, 0.6) is 0 Å². The molecule has 25 heavy (non-hydrogen) atoms. The molecule has 2 atom stereocenters. The van der Waals surface area contributed by atoms with Gasteiger partial charge in [0.1, 0.15) is 15.6 Å². The van der Waals surface area contributed by atoms with Crippen LogP contribution >= 0.6 is 11.3 Å². The minimum atomic E-state index is -0.470. The van der Waals surface area contributed by atoms with Crippen molar-refractivity contribution in [2.45, 2.75) is 64.0 Å². The monoisotopic (exact) mass is 359 g/mol. The molecule has 0 aliphatic heterocycles. The van der Waals surface area contributed by atoms with Gasteiger partial charge in [0, 0.05) is 17.5 Å². The van der Waals surface area contributed by atoms with Crippen molar-refractivity contribution in [3.63, 3.8) is 0 Å². The van der Waals surface area contributed by atoms with Crippen LogP contribution in [0.3, 0.4) is 0 Å². The van der Waals surface area contributed by atoms with Gasteiger partial charge in [-0.1, -0.05) is 48.1 Å². The highest BCUT2D eigenvalue weighted by Gasteiger charge is 2.28. The Morgan fingerprint density at radius 2 is 1.96 bits per heavy atom. The van der Waals surface area contributed by atoms with Crippen LogP contribution in [0.2, 0.25) is 0 Å². The third kappa shape index (κ3) is 5.01. The first kappa shape index (κ1) is 17.9. The molecule has 0 unspecified atom stereocenters. The lowest BCUT2D eigenvalue weighted by molar-refractivity contribution is 0.0490. The topological polar surface area (TPSA) is 64.1 Å². The second-order valence-electron chi connectivity index (χ2n) is 7.52. The summed E-state index contributed by atoms with van der Waals surface area (Å²) in [5, 5.41) is 13.8. The van der Waals surface area contributed by atoms with E-state index in [9.17, 15) is 4.79 Å². The minimum Gasteiger partial charge on any atom is -0.444 e. The number of ether oxygens (including phenoxy) is 1. The third-order valence-electron chi connectivity index (χ3n) is 4.21. The molecule has 1 saturated carbocycles. The van der Waals surface area contributed by atoms with Gasteiger partial charge in [0.15, 0.2) is 0 Å². The number of amides is 1. The number of hydrogen-bond donors (Lipinski definition) is 1. The Bertz CT molecular complexity index is 709. The van der Waals surface area contributed by atoms with Crippen molar-refractivity contribution in [1.82, 2.24) is 15.5 Å². The largest absolute Gasteiger partial charge is 0.444 e. The van der Waals surface area contributed by atoms with E-state index in [1.54, 1.807) is 11.3 Å². The zero-order valence-electron chi connectivity index (χ0n) is 15.0. The number of aromatic nitrogens is 2. The molecule has 0 saturated heterocycles. The van der Waals surface area contributed by atoms with Gasteiger partial charge in [0.2, 0.25) is 0 Å². The molecule has 0 spiro atoms. The average Bonchev–Trinajstić information content (AvgIpc) is 3.04. The summed E-state index contributed by atoms with van der Waals surface area (Å²) in [6, 6.07) is 10.3. The summed E-state index contributed by atoms with van der Waals surface area (Å²) < 4.78 is 5.37. The van der Waals surface area contributed by atoms with Gasteiger partial charge in [-0.3, -0.25) is 0 Å². The fraction of sp³-hybridized carbons (Fsp3) is 0.526. The van der Waals surface area contributed by atoms with Crippen molar-refractivity contribution in [2.24, 2.45) is 0 Å². The molecule has 134 valence electrons. The van der Waals surface area contributed by atoms with Crippen LogP contribution in [-0.2, 0) is 4.74 Å². The van der Waals surface area contributed by atoms with Crippen LogP contribution in [0.4, 0.5) is 4.79 Å². The van der Waals surface area contributed by atoms with E-state index in [0.29, 0.717) is 5.92 Å². The van der Waals surface area contributed by atoms with Crippen LogP contribution in [0.1, 0.15) is 57.4 Å². The molecule has 0 radical (unpaired) electrons. The summed E-state index contributed by atoms with van der Waals surface area (Å²) in [5.74, 6) is 0.351. The number of alkyl carbamates (subject to hydrolysis) is 1. The zero-order valence-corrected chi connectivity index (χ0v) is 15.8. The molecule has 1 heterocycles. The normalized spacial score (nSPS) is 20.9. The van der Waals surface area contributed by atoms with Crippen LogP contribution < -0.4 is 5.32 Å². The quantitative estimate of drug-likeness (QED) is 0.858. The Hall–Kier alpha value is -1.95. The first-order chi connectivity index (χ1) is 11.9. The average molecular weight is 359 g/mol. The Kier molecular flexibility index (Phi) is 5.37. The first-order valence-corrected chi connectivity index (χ1v) is 9.61. The van der Waals surface area contributed by atoms with Gasteiger partial charge in [0.05, 0.1) is 0 Å². The van der Waals surface area contributed by atoms with Crippen molar-refractivity contribution >= 4 is 17.4 Å². The number of hydrogen-bond acceptors (Lipinski definition) is 5. The molecule has 1 aliphatic carbocycles. The van der Waals surface area contributed by atoms with Gasteiger partial charge < -0.3 is 10.1 Å². The van der Waals surface area contributed by atoms with Crippen molar-refractivity contribution in [3.05, 3.63) is 35.3 Å². The van der Waals surface area contributed by atoms with E-state index in [0.717, 1.165) is 41.3 Å². The predicted molar refractivity (Wildman–Crippen MR) is 99.7 cm³/mol. The zero-order chi connectivity index (χ0) is 17.9. The molecule has 2 aromatic rings. The lowest BCUT2D eigenvalue weighted by Crippen LogP contribution is -2.41. The summed E-state index contributed by atoms with van der Waals surface area (Å²) in [6.45, 7) is 5.63. The van der Waals surface area contributed by atoms with Crippen LogP contribution in [-0.4, -0.2) is 27.9 Å². The molecule has 1 aromatic carbocycles. The summed E-state index contributed by atoms with van der Waals surface area (Å²) in [4.78, 5) is 12.0. The number of benzene rings is 1. The molecule has 3 rings (SSSR count). The molecule has 1 fully saturated rings. The molecular weight excluding hydrogens is 334 g/mol. The molecule has 6 heteroatoms. The molecule has 1 N–H and O–H groups in total. The highest BCUT2D eigenvalue weighted by Crippen LogP contribution is 2.36. The molecule has 1 amide bonds. The fourth-order valence-electron chi connectivity index (χ4n) is 3.12. The van der Waals surface area contributed by atoms with Gasteiger partial charge in [-0.2, -0.15) is 0 Å². The van der Waals surface area contributed by atoms with Crippen molar-refractivity contribution in [2.75, 3.05) is 0 Å². The summed E-state index contributed by atoms with van der Waals surface area (Å²) >= 11 is 1.66. The van der Waals surface area contributed by atoms with E-state index in [4.69, 9.17) is 4.74 Å². The molecule has 1 aliphatic rings. The molecule has 5 nitrogen and oxygen atoms in total. The fourth-order valence-corrected chi connectivity index (χ4v) is 4.11. The van der Waals surface area contributed by atoms with E-state index >= 15 is 0 Å². The number of rotatable bonds is 3. The van der Waals surface area contributed by atoms with Gasteiger partial charge >= 0.3 is 6.09 Å². The van der Waals surface area contributed by atoms with Crippen molar-refractivity contribution in [1.29, 1.82) is 0 Å². The Morgan fingerprint density at radius 1 is 1.20 bits per heavy atom. The van der Waals surface area contributed by atoms with Crippen LogP contribution in [0.25, 0.3) is 10.6 Å². The number of nitrogens with zero attached hydrogens (tertiary/aromatic N) is 2. The second kappa shape index (κ2) is 7.52. The maximum absolute atomic E-state index is 12.0. The predicted octanol–water partition coefficient (Wildman–Crippen LogP) is 4.76. The van der Waals surface area contributed by atoms with E-state index in [2.05, 4.69) is 27.6 Å². The van der Waals surface area contributed by atoms with E-state index < -0.39 is 5.60 Å². The van der Waals surface area contributed by atoms with Gasteiger partial charge in [0.25, 0.3) is 0 Å². The molecule has 0 bridgehead atoms. The SMILES string of the molecule is CC(C)(C)OC(=O)N[C@@H]1CCC[C@H](c2nnc(-c3ccccc3)s2)C1. The number of carbonyl (C=O) groups excluding carboxylic acids is 1. The first-order valence-electron chi connectivity index (χ1n) is 8.79. The van der Waals surface area contributed by atoms with Gasteiger partial charge in [-0.05, 0) is 40.0 Å². The van der Waals surface area contributed by atoms with Gasteiger partial charge in [-0.25, -0.2) is 4.79 Å². The van der Waals surface area contributed by atoms with E-state index in [1.807, 2.05) is 39.0 Å². The minimum absolute atomic E-state index is 0.137. The highest BCUT2D eigenvalue weighted by molar-refractivity contribution is 7.14. The van der Waals surface area contributed by atoms with Crippen molar-refractivity contribution < 1.29 is 9.53 Å².